The van der Waals surface area contributed by atoms with Crippen molar-refractivity contribution in [1.82, 2.24) is 15.1 Å². The quantitative estimate of drug-likeness (QED) is 0.487. The summed E-state index contributed by atoms with van der Waals surface area (Å²) in [5.41, 5.74) is 10.5. The van der Waals surface area contributed by atoms with E-state index in [-0.39, 0.29) is 6.10 Å². The van der Waals surface area contributed by atoms with Gasteiger partial charge in [-0.05, 0) is 69.1 Å². The molecule has 7 heteroatoms. The summed E-state index contributed by atoms with van der Waals surface area (Å²) in [6.45, 7) is 5.93. The first-order chi connectivity index (χ1) is 14.4. The van der Waals surface area contributed by atoms with E-state index in [1.54, 1.807) is 0 Å². The smallest absolute Gasteiger partial charge is 0.143 e. The zero-order chi connectivity index (χ0) is 21.3. The van der Waals surface area contributed by atoms with Crippen LogP contribution in [0.1, 0.15) is 43.0 Å². The highest BCUT2D eigenvalue weighted by Crippen LogP contribution is 2.38. The first kappa shape index (κ1) is 21.0. The van der Waals surface area contributed by atoms with Gasteiger partial charge in [0.1, 0.15) is 11.9 Å². The van der Waals surface area contributed by atoms with Gasteiger partial charge < -0.3 is 15.8 Å². The summed E-state index contributed by atoms with van der Waals surface area (Å²) in [4.78, 5) is 0. The van der Waals surface area contributed by atoms with Crippen molar-refractivity contribution in [1.29, 1.82) is 0 Å². The van der Waals surface area contributed by atoms with Crippen molar-refractivity contribution in [2.45, 2.75) is 38.8 Å². The van der Waals surface area contributed by atoms with Gasteiger partial charge in [0.05, 0.1) is 22.9 Å². The molecular formula is C23H26Cl2N4O. The van der Waals surface area contributed by atoms with Gasteiger partial charge in [-0.2, -0.15) is 5.10 Å². The van der Waals surface area contributed by atoms with Crippen molar-refractivity contribution in [2.24, 2.45) is 0 Å². The van der Waals surface area contributed by atoms with Crippen LogP contribution in [0.3, 0.4) is 0 Å². The molecule has 0 radical (unpaired) electrons. The number of ether oxygens (including phenoxy) is 1. The number of aromatic nitrogens is 2. The molecule has 1 atom stereocenters. The number of hydrogen-bond donors (Lipinski definition) is 2. The molecule has 30 heavy (non-hydrogen) atoms. The summed E-state index contributed by atoms with van der Waals surface area (Å²) in [6.07, 6.45) is 5.83. The first-order valence-corrected chi connectivity index (χ1v) is 11.0. The fourth-order valence-electron chi connectivity index (χ4n) is 3.87. The van der Waals surface area contributed by atoms with Crippen LogP contribution in [0.15, 0.2) is 42.7 Å². The van der Waals surface area contributed by atoms with Gasteiger partial charge in [0.2, 0.25) is 0 Å². The lowest BCUT2D eigenvalue weighted by Gasteiger charge is -2.22. The molecule has 0 spiro atoms. The topological polar surface area (TPSA) is 65.1 Å². The summed E-state index contributed by atoms with van der Waals surface area (Å²) in [7, 11) is 0. The van der Waals surface area contributed by atoms with Crippen LogP contribution in [-0.4, -0.2) is 22.9 Å². The Kier molecular flexibility index (Phi) is 6.23. The Morgan fingerprint density at radius 2 is 1.93 bits per heavy atom. The second kappa shape index (κ2) is 8.88. The second-order valence-electron chi connectivity index (χ2n) is 7.79. The lowest BCUT2D eigenvalue weighted by atomic mass is 10.1. The number of rotatable bonds is 5. The predicted octanol–water partition coefficient (Wildman–Crippen LogP) is 5.81. The van der Waals surface area contributed by atoms with Crippen LogP contribution in [-0.2, 0) is 0 Å². The molecule has 3 aromatic rings. The molecule has 2 aromatic carbocycles. The van der Waals surface area contributed by atoms with E-state index in [1.165, 1.54) is 0 Å². The van der Waals surface area contributed by atoms with Gasteiger partial charge >= 0.3 is 0 Å². The number of nitrogens with two attached hydrogens (primary N) is 1. The Bertz CT molecular complexity index is 1040. The Labute approximate surface area is 187 Å². The molecule has 158 valence electrons. The molecule has 2 heterocycles. The van der Waals surface area contributed by atoms with E-state index in [1.807, 2.05) is 50.4 Å². The van der Waals surface area contributed by atoms with Gasteiger partial charge in [0.25, 0.3) is 0 Å². The van der Waals surface area contributed by atoms with E-state index in [0.29, 0.717) is 27.5 Å². The van der Waals surface area contributed by atoms with Crippen LogP contribution in [0.5, 0.6) is 5.75 Å². The number of hydrogen-bond acceptors (Lipinski definition) is 4. The zero-order valence-corrected chi connectivity index (χ0v) is 18.7. The van der Waals surface area contributed by atoms with Gasteiger partial charge in [-0.3, -0.25) is 4.68 Å². The van der Waals surface area contributed by atoms with Crippen molar-refractivity contribution in [3.05, 3.63) is 63.9 Å². The van der Waals surface area contributed by atoms with E-state index in [2.05, 4.69) is 21.3 Å². The standard InChI is InChI=1S/C23H26Cl2N4O/c1-14-3-5-19(24)22(23(14)25)15(2)30-21-11-16(4-6-20(21)26)17-12-28-29(13-17)18-7-9-27-10-8-18/h3-6,11-13,15,18,27H,7-10,26H2,1-2H3/t15-/m1/s1. The highest BCUT2D eigenvalue weighted by Gasteiger charge is 2.19. The number of aryl methyl sites for hydroxylation is 1. The van der Waals surface area contributed by atoms with Crippen LogP contribution in [0.4, 0.5) is 5.69 Å². The van der Waals surface area contributed by atoms with Crippen molar-refractivity contribution in [3.63, 3.8) is 0 Å². The average molecular weight is 445 g/mol. The van der Waals surface area contributed by atoms with Gasteiger partial charge in [-0.15, -0.1) is 0 Å². The second-order valence-corrected chi connectivity index (χ2v) is 8.58. The minimum Gasteiger partial charge on any atom is -0.484 e. The van der Waals surface area contributed by atoms with Crippen molar-refractivity contribution < 1.29 is 4.74 Å². The third kappa shape index (κ3) is 4.29. The number of nitrogens with zero attached hydrogens (tertiary/aromatic N) is 2. The van der Waals surface area contributed by atoms with Crippen LogP contribution >= 0.6 is 23.2 Å². The minimum absolute atomic E-state index is 0.347. The Hall–Kier alpha value is -2.21. The lowest BCUT2D eigenvalue weighted by molar-refractivity contribution is 0.228. The van der Waals surface area contributed by atoms with E-state index in [0.717, 1.165) is 48.2 Å². The minimum atomic E-state index is -0.347. The molecule has 1 aromatic heterocycles. The lowest BCUT2D eigenvalue weighted by Crippen LogP contribution is -2.29. The normalized spacial score (nSPS) is 15.9. The van der Waals surface area contributed by atoms with Crippen molar-refractivity contribution in [2.75, 3.05) is 18.8 Å². The van der Waals surface area contributed by atoms with E-state index in [4.69, 9.17) is 33.7 Å². The first-order valence-electron chi connectivity index (χ1n) is 10.2. The number of piperidine rings is 1. The molecule has 1 aliphatic rings. The molecule has 1 saturated heterocycles. The Balaban J connectivity index is 1.58. The SMILES string of the molecule is Cc1ccc(Cl)c([C@@H](C)Oc2cc(-c3cnn(C4CCNCC4)c3)ccc2N)c1Cl. The number of benzene rings is 2. The Morgan fingerprint density at radius 3 is 2.70 bits per heavy atom. The third-order valence-corrected chi connectivity index (χ3v) is 6.49. The largest absolute Gasteiger partial charge is 0.484 e. The summed E-state index contributed by atoms with van der Waals surface area (Å²) >= 11 is 12.9. The summed E-state index contributed by atoms with van der Waals surface area (Å²) in [5.74, 6) is 0.600. The molecule has 3 N–H and O–H groups in total. The van der Waals surface area contributed by atoms with Gasteiger partial charge in [-0.1, -0.05) is 35.3 Å². The number of nitrogens with one attached hydrogen (secondary N) is 1. The molecule has 1 aliphatic heterocycles. The van der Waals surface area contributed by atoms with Crippen LogP contribution in [0, 0.1) is 6.92 Å². The van der Waals surface area contributed by atoms with Crippen molar-refractivity contribution >= 4 is 28.9 Å². The summed E-state index contributed by atoms with van der Waals surface area (Å²) < 4.78 is 8.28. The molecule has 0 aliphatic carbocycles. The van der Waals surface area contributed by atoms with Crippen LogP contribution < -0.4 is 15.8 Å². The van der Waals surface area contributed by atoms with Gasteiger partial charge in [-0.25, -0.2) is 0 Å². The highest BCUT2D eigenvalue weighted by molar-refractivity contribution is 6.36. The highest BCUT2D eigenvalue weighted by atomic mass is 35.5. The monoisotopic (exact) mass is 444 g/mol. The summed E-state index contributed by atoms with van der Waals surface area (Å²) in [5, 5.41) is 9.18. The van der Waals surface area contributed by atoms with Gasteiger partial charge in [0, 0.05) is 22.3 Å². The molecule has 1 fully saturated rings. The Morgan fingerprint density at radius 1 is 1.17 bits per heavy atom. The molecule has 0 unspecified atom stereocenters. The average Bonchev–Trinajstić information content (AvgIpc) is 3.24. The third-order valence-electron chi connectivity index (χ3n) is 5.66. The fourth-order valence-corrected chi connectivity index (χ4v) is 4.55. The summed E-state index contributed by atoms with van der Waals surface area (Å²) in [6, 6.07) is 9.98. The van der Waals surface area contributed by atoms with Crippen LogP contribution in [0.2, 0.25) is 10.0 Å². The zero-order valence-electron chi connectivity index (χ0n) is 17.2. The maximum Gasteiger partial charge on any atom is 0.143 e. The molecule has 0 saturated carbocycles. The van der Waals surface area contributed by atoms with E-state index < -0.39 is 0 Å². The number of nitrogen functional groups attached to an aromatic ring is 1. The van der Waals surface area contributed by atoms with Crippen LogP contribution in [0.25, 0.3) is 11.1 Å². The van der Waals surface area contributed by atoms with Gasteiger partial charge in [0.15, 0.2) is 0 Å². The molecular weight excluding hydrogens is 419 g/mol. The molecule has 5 nitrogen and oxygen atoms in total. The number of halogens is 2. The molecule has 4 rings (SSSR count). The maximum atomic E-state index is 6.49. The molecule has 0 amide bonds. The van der Waals surface area contributed by atoms with E-state index >= 15 is 0 Å². The van der Waals surface area contributed by atoms with E-state index in [9.17, 15) is 0 Å². The number of anilines is 1. The fraction of sp³-hybridized carbons (Fsp3) is 0.348. The molecule has 0 bridgehead atoms. The van der Waals surface area contributed by atoms with Crippen molar-refractivity contribution in [3.8, 4) is 16.9 Å². The predicted molar refractivity (Wildman–Crippen MR) is 123 cm³/mol. The maximum absolute atomic E-state index is 6.49.